The average molecular weight is 255 g/mol. The maximum atomic E-state index is 12.0. The first-order valence-corrected chi connectivity index (χ1v) is 6.95. The molecule has 2 rings (SSSR count). The van der Waals surface area contributed by atoms with Gasteiger partial charge >= 0.3 is 5.97 Å². The summed E-state index contributed by atoms with van der Waals surface area (Å²) in [6.45, 7) is 10.1. The zero-order valence-electron chi connectivity index (χ0n) is 11.8. The molecular weight excluding hydrogens is 230 g/mol. The zero-order valence-corrected chi connectivity index (χ0v) is 11.8. The van der Waals surface area contributed by atoms with Crippen LogP contribution in [-0.2, 0) is 14.3 Å². The van der Waals surface area contributed by atoms with Crippen LogP contribution in [0.2, 0.25) is 0 Å². The Morgan fingerprint density at radius 3 is 2.33 bits per heavy atom. The topological polar surface area (TPSA) is 38.8 Å². The second-order valence-corrected chi connectivity index (χ2v) is 6.56. The molecule has 0 radical (unpaired) electrons. The Balaban J connectivity index is 1.91. The van der Waals surface area contributed by atoms with Gasteiger partial charge in [0.15, 0.2) is 0 Å². The Morgan fingerprint density at radius 2 is 1.89 bits per heavy atom. The van der Waals surface area contributed by atoms with Gasteiger partial charge in [0.05, 0.1) is 18.6 Å². The van der Waals surface area contributed by atoms with Crippen LogP contribution in [0.5, 0.6) is 0 Å². The predicted octanol–water partition coefficient (Wildman–Crippen LogP) is 1.83. The quantitative estimate of drug-likeness (QED) is 0.721. The second-order valence-electron chi connectivity index (χ2n) is 6.56. The number of rotatable bonds is 3. The molecule has 104 valence electrons. The van der Waals surface area contributed by atoms with Gasteiger partial charge in [-0.05, 0) is 40.0 Å². The number of carbonyl (C=O) groups is 1. The maximum Gasteiger partial charge on any atom is 0.311 e. The monoisotopic (exact) mass is 255 g/mol. The van der Waals surface area contributed by atoms with Crippen LogP contribution in [0.25, 0.3) is 0 Å². The highest BCUT2D eigenvalue weighted by atomic mass is 16.6. The van der Waals surface area contributed by atoms with Crippen LogP contribution in [0.15, 0.2) is 0 Å². The van der Waals surface area contributed by atoms with Crippen molar-refractivity contribution in [2.45, 2.75) is 45.6 Å². The molecule has 0 unspecified atom stereocenters. The minimum atomic E-state index is -0.409. The SMILES string of the molecule is CC(C)(C)C(=O)OC1(CN2CCOCC2)CCC1. The number of carbonyl (C=O) groups excluding carboxylic acids is 1. The van der Waals surface area contributed by atoms with E-state index in [0.717, 1.165) is 45.7 Å². The van der Waals surface area contributed by atoms with E-state index < -0.39 is 5.41 Å². The van der Waals surface area contributed by atoms with Gasteiger partial charge in [-0.1, -0.05) is 0 Å². The lowest BCUT2D eigenvalue weighted by molar-refractivity contribution is -0.183. The van der Waals surface area contributed by atoms with Crippen molar-refractivity contribution in [3.8, 4) is 0 Å². The fraction of sp³-hybridized carbons (Fsp3) is 0.929. The molecule has 0 N–H and O–H groups in total. The number of esters is 1. The van der Waals surface area contributed by atoms with Crippen LogP contribution >= 0.6 is 0 Å². The van der Waals surface area contributed by atoms with Crippen LogP contribution in [0.1, 0.15) is 40.0 Å². The fourth-order valence-corrected chi connectivity index (χ4v) is 2.38. The van der Waals surface area contributed by atoms with Gasteiger partial charge < -0.3 is 9.47 Å². The summed E-state index contributed by atoms with van der Waals surface area (Å²) >= 11 is 0. The van der Waals surface area contributed by atoms with Crippen molar-refractivity contribution >= 4 is 5.97 Å². The lowest BCUT2D eigenvalue weighted by Crippen LogP contribution is -2.54. The van der Waals surface area contributed by atoms with Gasteiger partial charge in [-0.3, -0.25) is 9.69 Å². The minimum Gasteiger partial charge on any atom is -0.457 e. The second kappa shape index (κ2) is 5.17. The first-order valence-electron chi connectivity index (χ1n) is 6.95. The number of hydrogen-bond acceptors (Lipinski definition) is 4. The van der Waals surface area contributed by atoms with E-state index in [1.807, 2.05) is 20.8 Å². The molecule has 2 fully saturated rings. The fourth-order valence-electron chi connectivity index (χ4n) is 2.38. The molecule has 1 saturated carbocycles. The molecular formula is C14H25NO3. The van der Waals surface area contributed by atoms with Crippen molar-refractivity contribution in [2.24, 2.45) is 5.41 Å². The van der Waals surface area contributed by atoms with Crippen LogP contribution in [-0.4, -0.2) is 49.3 Å². The van der Waals surface area contributed by atoms with Gasteiger partial charge in [0.2, 0.25) is 0 Å². The average Bonchev–Trinajstić information content (AvgIpc) is 2.26. The Hall–Kier alpha value is -0.610. The minimum absolute atomic E-state index is 0.0736. The Kier molecular flexibility index (Phi) is 3.97. The normalized spacial score (nSPS) is 24.4. The molecule has 0 aromatic heterocycles. The molecule has 18 heavy (non-hydrogen) atoms. The largest absolute Gasteiger partial charge is 0.457 e. The summed E-state index contributed by atoms with van der Waals surface area (Å²) in [7, 11) is 0. The van der Waals surface area contributed by atoms with E-state index in [1.165, 1.54) is 6.42 Å². The Bertz CT molecular complexity index is 299. The van der Waals surface area contributed by atoms with Gasteiger partial charge in [0, 0.05) is 19.6 Å². The van der Waals surface area contributed by atoms with Crippen LogP contribution in [0.4, 0.5) is 0 Å². The highest BCUT2D eigenvalue weighted by Crippen LogP contribution is 2.38. The standard InChI is InChI=1S/C14H25NO3/c1-13(2,3)12(16)18-14(5-4-6-14)11-15-7-9-17-10-8-15/h4-11H2,1-3H3. The molecule has 1 saturated heterocycles. The molecule has 4 heteroatoms. The van der Waals surface area contributed by atoms with Gasteiger partial charge in [0.1, 0.15) is 5.60 Å². The molecule has 0 atom stereocenters. The van der Waals surface area contributed by atoms with E-state index in [-0.39, 0.29) is 11.6 Å². The summed E-state index contributed by atoms with van der Waals surface area (Å²) in [6.07, 6.45) is 3.18. The summed E-state index contributed by atoms with van der Waals surface area (Å²) < 4.78 is 11.2. The van der Waals surface area contributed by atoms with E-state index >= 15 is 0 Å². The maximum absolute atomic E-state index is 12.0. The summed E-state index contributed by atoms with van der Waals surface area (Å²) in [5.41, 5.74) is -0.630. The molecule has 0 aromatic carbocycles. The number of nitrogens with zero attached hydrogens (tertiary/aromatic N) is 1. The van der Waals surface area contributed by atoms with Gasteiger partial charge in [-0.15, -0.1) is 0 Å². The summed E-state index contributed by atoms with van der Waals surface area (Å²) in [5.74, 6) is -0.0736. The Morgan fingerprint density at radius 1 is 1.28 bits per heavy atom. The molecule has 2 aliphatic rings. The first kappa shape index (κ1) is 13.8. The smallest absolute Gasteiger partial charge is 0.311 e. The third kappa shape index (κ3) is 3.23. The first-order chi connectivity index (χ1) is 8.41. The predicted molar refractivity (Wildman–Crippen MR) is 69.4 cm³/mol. The molecule has 4 nitrogen and oxygen atoms in total. The van der Waals surface area contributed by atoms with Crippen LogP contribution in [0, 0.1) is 5.41 Å². The third-order valence-electron chi connectivity index (χ3n) is 3.80. The molecule has 0 spiro atoms. The van der Waals surface area contributed by atoms with E-state index in [2.05, 4.69) is 4.90 Å². The van der Waals surface area contributed by atoms with E-state index in [9.17, 15) is 4.79 Å². The van der Waals surface area contributed by atoms with Crippen LogP contribution < -0.4 is 0 Å². The van der Waals surface area contributed by atoms with E-state index in [0.29, 0.717) is 0 Å². The number of morpholine rings is 1. The van der Waals surface area contributed by atoms with Crippen molar-refractivity contribution in [3.05, 3.63) is 0 Å². The van der Waals surface area contributed by atoms with Crippen molar-refractivity contribution in [2.75, 3.05) is 32.8 Å². The molecule has 0 amide bonds. The van der Waals surface area contributed by atoms with Gasteiger partial charge in [-0.2, -0.15) is 0 Å². The third-order valence-corrected chi connectivity index (χ3v) is 3.80. The summed E-state index contributed by atoms with van der Waals surface area (Å²) in [5, 5.41) is 0. The molecule has 0 aromatic rings. The van der Waals surface area contributed by atoms with Gasteiger partial charge in [0.25, 0.3) is 0 Å². The summed E-state index contributed by atoms with van der Waals surface area (Å²) in [6, 6.07) is 0. The van der Waals surface area contributed by atoms with Crippen molar-refractivity contribution in [1.82, 2.24) is 4.90 Å². The van der Waals surface area contributed by atoms with Gasteiger partial charge in [-0.25, -0.2) is 0 Å². The number of ether oxygens (including phenoxy) is 2. The molecule has 1 heterocycles. The van der Waals surface area contributed by atoms with Crippen LogP contribution in [0.3, 0.4) is 0 Å². The highest BCUT2D eigenvalue weighted by Gasteiger charge is 2.44. The zero-order chi connectivity index (χ0) is 13.2. The molecule has 1 aliphatic heterocycles. The lowest BCUT2D eigenvalue weighted by Gasteiger charge is -2.45. The van der Waals surface area contributed by atoms with Crippen molar-refractivity contribution in [3.63, 3.8) is 0 Å². The highest BCUT2D eigenvalue weighted by molar-refractivity contribution is 5.76. The van der Waals surface area contributed by atoms with Crippen molar-refractivity contribution in [1.29, 1.82) is 0 Å². The lowest BCUT2D eigenvalue weighted by atomic mass is 9.79. The molecule has 1 aliphatic carbocycles. The Labute approximate surface area is 110 Å². The molecule has 0 bridgehead atoms. The van der Waals surface area contributed by atoms with E-state index in [4.69, 9.17) is 9.47 Å². The number of hydrogen-bond donors (Lipinski definition) is 0. The summed E-state index contributed by atoms with van der Waals surface area (Å²) in [4.78, 5) is 14.4. The van der Waals surface area contributed by atoms with E-state index in [1.54, 1.807) is 0 Å². The van der Waals surface area contributed by atoms with Crippen molar-refractivity contribution < 1.29 is 14.3 Å².